The van der Waals surface area contributed by atoms with Gasteiger partial charge in [0.25, 0.3) is 5.91 Å². The van der Waals surface area contributed by atoms with Gasteiger partial charge in [-0.2, -0.15) is 0 Å². The zero-order valence-electron chi connectivity index (χ0n) is 18.5. The lowest BCUT2D eigenvalue weighted by Gasteiger charge is -2.23. The van der Waals surface area contributed by atoms with Crippen molar-refractivity contribution in [1.82, 2.24) is 9.88 Å². The van der Waals surface area contributed by atoms with Crippen LogP contribution in [0.25, 0.3) is 0 Å². The number of thiazole rings is 1. The Balaban J connectivity index is 1.65. The maximum atomic E-state index is 13.2. The van der Waals surface area contributed by atoms with E-state index in [1.807, 2.05) is 53.4 Å². The molecule has 0 saturated carbocycles. The van der Waals surface area contributed by atoms with E-state index in [-0.39, 0.29) is 11.8 Å². The molecule has 1 aromatic heterocycles. The van der Waals surface area contributed by atoms with Gasteiger partial charge in [0.1, 0.15) is 0 Å². The number of aromatic nitrogens is 1. The molecule has 0 unspecified atom stereocenters. The SMILES string of the molecule is COc1ccc(CN(CCCCc2nc(OC(=O)O)cs2)C(=O)c2ccccc2)cc1OC. The Morgan fingerprint density at radius 2 is 1.79 bits per heavy atom. The van der Waals surface area contributed by atoms with Crippen molar-refractivity contribution < 1.29 is 28.9 Å². The quantitative estimate of drug-likeness (QED) is 0.315. The number of nitrogens with zero attached hydrogens (tertiary/aromatic N) is 2. The summed E-state index contributed by atoms with van der Waals surface area (Å²) in [5.74, 6) is 1.30. The lowest BCUT2D eigenvalue weighted by Crippen LogP contribution is -2.31. The van der Waals surface area contributed by atoms with E-state index in [2.05, 4.69) is 9.72 Å². The summed E-state index contributed by atoms with van der Waals surface area (Å²) in [6.45, 7) is 0.994. The molecular formula is C24H26N2O6S. The van der Waals surface area contributed by atoms with Crippen LogP contribution in [0.4, 0.5) is 4.79 Å². The highest BCUT2D eigenvalue weighted by Crippen LogP contribution is 2.28. The molecule has 0 radical (unpaired) electrons. The molecular weight excluding hydrogens is 444 g/mol. The highest BCUT2D eigenvalue weighted by molar-refractivity contribution is 7.09. The van der Waals surface area contributed by atoms with Crippen molar-refractivity contribution in [2.24, 2.45) is 0 Å². The van der Waals surface area contributed by atoms with Crippen LogP contribution in [-0.2, 0) is 13.0 Å². The van der Waals surface area contributed by atoms with Crippen molar-refractivity contribution in [2.45, 2.75) is 25.8 Å². The summed E-state index contributed by atoms with van der Waals surface area (Å²) in [6.07, 6.45) is 0.861. The van der Waals surface area contributed by atoms with E-state index in [1.165, 1.54) is 11.3 Å². The van der Waals surface area contributed by atoms with Crippen LogP contribution in [0.3, 0.4) is 0 Å². The molecule has 0 saturated heterocycles. The van der Waals surface area contributed by atoms with Crippen molar-refractivity contribution in [1.29, 1.82) is 0 Å². The second-order valence-corrected chi connectivity index (χ2v) is 8.13. The van der Waals surface area contributed by atoms with Gasteiger partial charge in [-0.15, -0.1) is 11.3 Å². The van der Waals surface area contributed by atoms with E-state index in [0.29, 0.717) is 36.6 Å². The molecule has 33 heavy (non-hydrogen) atoms. The number of methoxy groups -OCH3 is 2. The predicted molar refractivity (Wildman–Crippen MR) is 124 cm³/mol. The number of hydrogen-bond acceptors (Lipinski definition) is 7. The molecule has 0 bridgehead atoms. The Kier molecular flexibility index (Phi) is 8.65. The Bertz CT molecular complexity index is 1070. The summed E-state index contributed by atoms with van der Waals surface area (Å²) < 4.78 is 15.3. The fourth-order valence-corrected chi connectivity index (χ4v) is 4.08. The van der Waals surface area contributed by atoms with Gasteiger partial charge >= 0.3 is 6.16 Å². The largest absolute Gasteiger partial charge is 0.512 e. The predicted octanol–water partition coefficient (Wildman–Crippen LogP) is 4.88. The van der Waals surface area contributed by atoms with E-state index in [4.69, 9.17) is 14.6 Å². The van der Waals surface area contributed by atoms with Crippen molar-refractivity contribution in [3.63, 3.8) is 0 Å². The fraction of sp³-hybridized carbons (Fsp3) is 0.292. The molecule has 3 rings (SSSR count). The van der Waals surface area contributed by atoms with Crippen LogP contribution in [0.5, 0.6) is 17.4 Å². The first-order valence-corrected chi connectivity index (χ1v) is 11.3. The number of aryl methyl sites for hydroxylation is 1. The van der Waals surface area contributed by atoms with Crippen LogP contribution in [0.2, 0.25) is 0 Å². The van der Waals surface area contributed by atoms with Gasteiger partial charge in [0.05, 0.1) is 24.6 Å². The number of ether oxygens (including phenoxy) is 3. The third kappa shape index (κ3) is 6.95. The molecule has 1 amide bonds. The van der Waals surface area contributed by atoms with Gasteiger partial charge in [-0.05, 0) is 49.1 Å². The minimum Gasteiger partial charge on any atom is -0.493 e. The van der Waals surface area contributed by atoms with Crippen LogP contribution < -0.4 is 14.2 Å². The highest BCUT2D eigenvalue weighted by atomic mass is 32.1. The third-order valence-electron chi connectivity index (χ3n) is 4.92. The molecule has 1 N–H and O–H groups in total. The minimum atomic E-state index is -1.38. The number of rotatable bonds is 11. The van der Waals surface area contributed by atoms with Crippen LogP contribution in [0, 0.1) is 0 Å². The molecule has 8 nitrogen and oxygen atoms in total. The van der Waals surface area contributed by atoms with E-state index in [1.54, 1.807) is 19.6 Å². The molecule has 9 heteroatoms. The maximum Gasteiger partial charge on any atom is 0.512 e. The fourth-order valence-electron chi connectivity index (χ4n) is 3.34. The monoisotopic (exact) mass is 470 g/mol. The Morgan fingerprint density at radius 3 is 2.48 bits per heavy atom. The molecule has 0 aliphatic rings. The first-order chi connectivity index (χ1) is 16.0. The van der Waals surface area contributed by atoms with Gasteiger partial charge in [-0.1, -0.05) is 24.3 Å². The third-order valence-corrected chi connectivity index (χ3v) is 5.81. The number of benzene rings is 2. The van der Waals surface area contributed by atoms with E-state index < -0.39 is 6.16 Å². The number of hydrogen-bond donors (Lipinski definition) is 1. The molecule has 0 aliphatic heterocycles. The van der Waals surface area contributed by atoms with Crippen LogP contribution in [-0.4, -0.2) is 47.8 Å². The zero-order valence-corrected chi connectivity index (χ0v) is 19.3. The van der Waals surface area contributed by atoms with Crippen LogP contribution in [0.1, 0.15) is 33.8 Å². The Labute approximate surface area is 196 Å². The molecule has 174 valence electrons. The van der Waals surface area contributed by atoms with E-state index in [9.17, 15) is 9.59 Å². The Hall–Kier alpha value is -3.59. The summed E-state index contributed by atoms with van der Waals surface area (Å²) in [4.78, 5) is 29.8. The summed E-state index contributed by atoms with van der Waals surface area (Å²) >= 11 is 1.36. The Morgan fingerprint density at radius 1 is 1.03 bits per heavy atom. The summed E-state index contributed by atoms with van der Waals surface area (Å²) in [5.41, 5.74) is 1.57. The lowest BCUT2D eigenvalue weighted by molar-refractivity contribution is 0.0740. The summed E-state index contributed by atoms with van der Waals surface area (Å²) in [7, 11) is 3.17. The van der Waals surface area contributed by atoms with Crippen molar-refractivity contribution in [2.75, 3.05) is 20.8 Å². The van der Waals surface area contributed by atoms with Crippen LogP contribution >= 0.6 is 11.3 Å². The number of carboxylic acid groups (broad SMARTS) is 1. The summed E-state index contributed by atoms with van der Waals surface area (Å²) in [5, 5.41) is 11.0. The van der Waals surface area contributed by atoms with Gasteiger partial charge in [-0.3, -0.25) is 4.79 Å². The average Bonchev–Trinajstić information content (AvgIpc) is 3.27. The highest BCUT2D eigenvalue weighted by Gasteiger charge is 2.17. The topological polar surface area (TPSA) is 98.2 Å². The number of carbonyl (C=O) groups excluding carboxylic acids is 1. The number of unbranched alkanes of at least 4 members (excludes halogenated alkanes) is 1. The first kappa shape index (κ1) is 24.1. The number of amides is 1. The smallest absolute Gasteiger partial charge is 0.493 e. The number of carbonyl (C=O) groups is 2. The molecule has 1 heterocycles. The average molecular weight is 471 g/mol. The van der Waals surface area contributed by atoms with Crippen LogP contribution in [0.15, 0.2) is 53.9 Å². The van der Waals surface area contributed by atoms with E-state index in [0.717, 1.165) is 23.4 Å². The first-order valence-electron chi connectivity index (χ1n) is 10.4. The van der Waals surface area contributed by atoms with Gasteiger partial charge in [0.2, 0.25) is 5.88 Å². The molecule has 2 aromatic carbocycles. The van der Waals surface area contributed by atoms with Gasteiger partial charge < -0.3 is 24.2 Å². The summed E-state index contributed by atoms with van der Waals surface area (Å²) in [6, 6.07) is 14.8. The zero-order chi connectivity index (χ0) is 23.6. The van der Waals surface area contributed by atoms with Gasteiger partial charge in [0.15, 0.2) is 11.5 Å². The van der Waals surface area contributed by atoms with Gasteiger partial charge in [0, 0.05) is 18.7 Å². The van der Waals surface area contributed by atoms with Gasteiger partial charge in [-0.25, -0.2) is 9.78 Å². The second kappa shape index (κ2) is 11.9. The van der Waals surface area contributed by atoms with Crippen molar-refractivity contribution in [3.8, 4) is 17.4 Å². The molecule has 0 aliphatic carbocycles. The van der Waals surface area contributed by atoms with Crippen molar-refractivity contribution in [3.05, 3.63) is 70.0 Å². The molecule has 0 spiro atoms. The lowest BCUT2D eigenvalue weighted by atomic mass is 10.1. The van der Waals surface area contributed by atoms with E-state index >= 15 is 0 Å². The standard InChI is InChI=1S/C24H26N2O6S/c1-30-19-12-11-17(14-20(19)31-2)15-26(23(27)18-8-4-3-5-9-18)13-7-6-10-22-25-21(16-33-22)32-24(28)29/h3-5,8-9,11-12,14,16H,6-7,10,13,15H2,1-2H3,(H,28,29). The van der Waals surface area contributed by atoms with Crippen molar-refractivity contribution >= 4 is 23.4 Å². The maximum absolute atomic E-state index is 13.2. The molecule has 0 atom stereocenters. The normalized spacial score (nSPS) is 10.5. The molecule has 3 aromatic rings. The minimum absolute atomic E-state index is 0.0447. The molecule has 0 fully saturated rings. The second-order valence-electron chi connectivity index (χ2n) is 7.19.